The van der Waals surface area contributed by atoms with Crippen molar-refractivity contribution in [3.63, 3.8) is 0 Å². The van der Waals surface area contributed by atoms with Crippen molar-refractivity contribution >= 4 is 63.0 Å². The van der Waals surface area contributed by atoms with Crippen LogP contribution in [0.2, 0.25) is 5.02 Å². The second kappa shape index (κ2) is 8.46. The zero-order valence-corrected chi connectivity index (χ0v) is 17.0. The normalized spacial score (nSPS) is 15.4. The number of rotatable bonds is 5. The average molecular weight is 479 g/mol. The monoisotopic (exact) mass is 477 g/mol. The molecule has 3 N–H and O–H groups in total. The van der Waals surface area contributed by atoms with Crippen LogP contribution in [0.3, 0.4) is 0 Å². The summed E-state index contributed by atoms with van der Waals surface area (Å²) in [5, 5.41) is 2.47. The first-order valence-electron chi connectivity index (χ1n) is 8.14. The lowest BCUT2D eigenvalue weighted by atomic mass is 10.1. The van der Waals surface area contributed by atoms with E-state index in [1.807, 2.05) is 0 Å². The van der Waals surface area contributed by atoms with Gasteiger partial charge in [0.15, 0.2) is 6.61 Å². The lowest BCUT2D eigenvalue weighted by Crippen LogP contribution is -2.54. The number of nitrogens with one attached hydrogen (secondary N) is 1. The number of nitrogens with two attached hydrogens (primary N) is 1. The lowest BCUT2D eigenvalue weighted by Gasteiger charge is -2.26. The van der Waals surface area contributed by atoms with Gasteiger partial charge in [0.2, 0.25) is 0 Å². The Morgan fingerprint density at radius 2 is 1.97 bits per heavy atom. The van der Waals surface area contributed by atoms with E-state index in [0.29, 0.717) is 20.8 Å². The standard InChI is InChI=1S/C19H13BrClN3O5/c20-14-7-10(4-5-15(14)29-9-16(22)25)6-13-17(26)23-19(28)24(18(13)27)12-3-1-2-11(21)8-12/h1-8H,9H2,(H2,22,25)(H,23,26,28)/b13-6+. The highest BCUT2D eigenvalue weighted by Crippen LogP contribution is 2.28. The Hall–Kier alpha value is -3.17. The van der Waals surface area contributed by atoms with Crippen LogP contribution in [-0.2, 0) is 14.4 Å². The van der Waals surface area contributed by atoms with Crippen LogP contribution < -0.4 is 20.7 Å². The summed E-state index contributed by atoms with van der Waals surface area (Å²) in [6, 6.07) is 9.99. The van der Waals surface area contributed by atoms with Gasteiger partial charge in [0, 0.05) is 5.02 Å². The van der Waals surface area contributed by atoms with Gasteiger partial charge in [-0.1, -0.05) is 23.7 Å². The van der Waals surface area contributed by atoms with Gasteiger partial charge in [0.05, 0.1) is 10.2 Å². The molecule has 1 aliphatic heterocycles. The number of amides is 5. The first-order valence-corrected chi connectivity index (χ1v) is 9.31. The van der Waals surface area contributed by atoms with Crippen molar-refractivity contribution < 1.29 is 23.9 Å². The van der Waals surface area contributed by atoms with Crippen LogP contribution >= 0.6 is 27.5 Å². The Bertz CT molecular complexity index is 1070. The largest absolute Gasteiger partial charge is 0.483 e. The van der Waals surface area contributed by atoms with Crippen molar-refractivity contribution in [1.82, 2.24) is 5.32 Å². The zero-order valence-electron chi connectivity index (χ0n) is 14.6. The highest BCUT2D eigenvalue weighted by atomic mass is 79.9. The van der Waals surface area contributed by atoms with Gasteiger partial charge in [0.25, 0.3) is 17.7 Å². The van der Waals surface area contributed by atoms with Gasteiger partial charge in [-0.3, -0.25) is 19.7 Å². The summed E-state index contributed by atoms with van der Waals surface area (Å²) in [6.07, 6.45) is 1.34. The number of urea groups is 1. The molecule has 0 unspecified atom stereocenters. The minimum Gasteiger partial charge on any atom is -0.483 e. The summed E-state index contributed by atoms with van der Waals surface area (Å²) in [6.45, 7) is -0.295. The van der Waals surface area contributed by atoms with E-state index in [-0.39, 0.29) is 17.9 Å². The van der Waals surface area contributed by atoms with Crippen molar-refractivity contribution in [2.45, 2.75) is 0 Å². The highest BCUT2D eigenvalue weighted by Gasteiger charge is 2.36. The zero-order chi connectivity index (χ0) is 21.1. The van der Waals surface area contributed by atoms with Crippen LogP contribution in [0.25, 0.3) is 6.08 Å². The molecule has 0 radical (unpaired) electrons. The number of nitrogens with zero attached hydrogens (tertiary/aromatic N) is 1. The molecule has 8 nitrogen and oxygen atoms in total. The maximum Gasteiger partial charge on any atom is 0.335 e. The topological polar surface area (TPSA) is 119 Å². The fraction of sp³-hybridized carbons (Fsp3) is 0.0526. The summed E-state index contributed by atoms with van der Waals surface area (Å²) in [7, 11) is 0. The van der Waals surface area contributed by atoms with E-state index in [2.05, 4.69) is 21.2 Å². The average Bonchev–Trinajstić information content (AvgIpc) is 2.64. The molecule has 0 aliphatic carbocycles. The van der Waals surface area contributed by atoms with Crippen LogP contribution in [0, 0.1) is 0 Å². The molecule has 0 atom stereocenters. The van der Waals surface area contributed by atoms with Gasteiger partial charge in [-0.25, -0.2) is 9.69 Å². The predicted molar refractivity (Wildman–Crippen MR) is 109 cm³/mol. The van der Waals surface area contributed by atoms with Gasteiger partial charge < -0.3 is 10.5 Å². The van der Waals surface area contributed by atoms with Crippen molar-refractivity contribution in [2.24, 2.45) is 5.73 Å². The Labute approximate surface area is 178 Å². The van der Waals surface area contributed by atoms with E-state index in [0.717, 1.165) is 4.90 Å². The third-order valence-electron chi connectivity index (χ3n) is 3.80. The molecule has 3 rings (SSSR count). The van der Waals surface area contributed by atoms with Crippen LogP contribution in [0.4, 0.5) is 10.5 Å². The number of carbonyl (C=O) groups is 4. The minimum absolute atomic E-state index is 0.231. The number of imide groups is 2. The third kappa shape index (κ3) is 4.64. The number of hydrogen-bond acceptors (Lipinski definition) is 5. The number of anilines is 1. The molecule has 1 heterocycles. The molecule has 1 saturated heterocycles. The van der Waals surface area contributed by atoms with E-state index in [4.69, 9.17) is 22.1 Å². The maximum atomic E-state index is 12.8. The molecule has 29 heavy (non-hydrogen) atoms. The van der Waals surface area contributed by atoms with Gasteiger partial charge in [0.1, 0.15) is 11.3 Å². The molecule has 1 fully saturated rings. The second-order valence-corrected chi connectivity index (χ2v) is 7.17. The molecule has 0 saturated carbocycles. The predicted octanol–water partition coefficient (Wildman–Crippen LogP) is 2.63. The molecule has 10 heteroatoms. The van der Waals surface area contributed by atoms with Crippen molar-refractivity contribution in [3.8, 4) is 5.75 Å². The van der Waals surface area contributed by atoms with Gasteiger partial charge in [-0.05, 0) is 57.9 Å². The van der Waals surface area contributed by atoms with E-state index < -0.39 is 23.8 Å². The molecular weight excluding hydrogens is 466 g/mol. The Kier molecular flexibility index (Phi) is 6.00. The van der Waals surface area contributed by atoms with E-state index in [9.17, 15) is 19.2 Å². The molecule has 148 valence electrons. The van der Waals surface area contributed by atoms with E-state index in [1.54, 1.807) is 30.3 Å². The fourth-order valence-electron chi connectivity index (χ4n) is 2.55. The van der Waals surface area contributed by atoms with Crippen LogP contribution in [-0.4, -0.2) is 30.4 Å². The number of carbonyl (C=O) groups excluding carboxylic acids is 4. The molecule has 2 aromatic carbocycles. The summed E-state index contributed by atoms with van der Waals surface area (Å²) in [4.78, 5) is 48.9. The second-order valence-electron chi connectivity index (χ2n) is 5.88. The smallest absolute Gasteiger partial charge is 0.335 e. The molecule has 0 spiro atoms. The van der Waals surface area contributed by atoms with Crippen LogP contribution in [0.5, 0.6) is 5.75 Å². The Morgan fingerprint density at radius 1 is 1.21 bits per heavy atom. The third-order valence-corrected chi connectivity index (χ3v) is 4.66. The number of ether oxygens (including phenoxy) is 1. The van der Waals surface area contributed by atoms with Crippen molar-refractivity contribution in [3.05, 3.63) is 63.1 Å². The molecular formula is C19H13BrClN3O5. The number of halogens is 2. The lowest BCUT2D eigenvalue weighted by molar-refractivity contribution is -0.123. The number of benzene rings is 2. The first-order chi connectivity index (χ1) is 13.8. The summed E-state index contributed by atoms with van der Waals surface area (Å²) in [5.74, 6) is -1.87. The summed E-state index contributed by atoms with van der Waals surface area (Å²) in [5.41, 5.74) is 5.53. The highest BCUT2D eigenvalue weighted by molar-refractivity contribution is 9.10. The Balaban J connectivity index is 1.92. The van der Waals surface area contributed by atoms with Gasteiger partial charge in [-0.2, -0.15) is 0 Å². The molecule has 2 aromatic rings. The molecule has 1 aliphatic rings. The van der Waals surface area contributed by atoms with Crippen LogP contribution in [0.15, 0.2) is 52.5 Å². The molecule has 0 aromatic heterocycles. The Morgan fingerprint density at radius 3 is 2.62 bits per heavy atom. The van der Waals surface area contributed by atoms with Gasteiger partial charge in [-0.15, -0.1) is 0 Å². The first kappa shape index (κ1) is 20.6. The molecule has 5 amide bonds. The van der Waals surface area contributed by atoms with Crippen molar-refractivity contribution in [2.75, 3.05) is 11.5 Å². The fourth-order valence-corrected chi connectivity index (χ4v) is 3.24. The minimum atomic E-state index is -0.865. The van der Waals surface area contributed by atoms with E-state index in [1.165, 1.54) is 18.2 Å². The summed E-state index contributed by atoms with van der Waals surface area (Å²) >= 11 is 9.22. The van der Waals surface area contributed by atoms with E-state index >= 15 is 0 Å². The van der Waals surface area contributed by atoms with Crippen LogP contribution in [0.1, 0.15) is 5.56 Å². The maximum absolute atomic E-state index is 12.8. The van der Waals surface area contributed by atoms with Gasteiger partial charge >= 0.3 is 6.03 Å². The van der Waals surface area contributed by atoms with Crippen molar-refractivity contribution in [1.29, 1.82) is 0 Å². The number of primary amides is 1. The number of hydrogen-bond donors (Lipinski definition) is 2. The molecule has 0 bridgehead atoms. The number of barbiturate groups is 1. The quantitative estimate of drug-likeness (QED) is 0.506. The summed E-state index contributed by atoms with van der Waals surface area (Å²) < 4.78 is 5.72. The SMILES string of the molecule is NC(=O)COc1ccc(/C=C2\C(=O)NC(=O)N(c3cccc(Cl)c3)C2=O)cc1Br.